The Morgan fingerprint density at radius 2 is 1.91 bits per heavy atom. The first-order valence-corrected chi connectivity index (χ1v) is 13.1. The van der Waals surface area contributed by atoms with Gasteiger partial charge in [-0.1, -0.05) is 26.3 Å². The number of aromatic nitrogens is 2. The lowest BCUT2D eigenvalue weighted by atomic mass is 10.0. The average molecular weight is 483 g/mol. The molecule has 2 aromatic carbocycles. The highest BCUT2D eigenvalue weighted by Crippen LogP contribution is 2.30. The molecular weight excluding hydrogens is 452 g/mol. The van der Waals surface area contributed by atoms with Crippen LogP contribution in [0.2, 0.25) is 0 Å². The molecule has 2 heterocycles. The molecule has 1 atom stereocenters. The van der Waals surface area contributed by atoms with Crippen molar-refractivity contribution >= 4 is 21.6 Å². The molecule has 9 heteroatoms. The molecule has 8 nitrogen and oxygen atoms in total. The molecule has 4 rings (SSSR count). The molecule has 1 saturated heterocycles. The van der Waals surface area contributed by atoms with Crippen LogP contribution in [0.25, 0.3) is 11.3 Å². The van der Waals surface area contributed by atoms with Crippen molar-refractivity contribution in [3.05, 3.63) is 59.8 Å². The zero-order chi connectivity index (χ0) is 24.3. The van der Waals surface area contributed by atoms with Crippen molar-refractivity contribution in [3.63, 3.8) is 0 Å². The molecule has 1 fully saturated rings. The number of carbonyl (C=O) groups is 1. The molecule has 180 valence electrons. The SMILES string of the molecule is CCc1ccc(O)c(-c2cc(C(=O)Nc3ccc(S(=O)(=O)N4CCCCC4CC)cc3)[nH]n2)c1. The third-order valence-electron chi connectivity index (χ3n) is 6.33. The van der Waals surface area contributed by atoms with E-state index in [1.807, 2.05) is 26.0 Å². The van der Waals surface area contributed by atoms with Crippen LogP contribution in [0.3, 0.4) is 0 Å². The van der Waals surface area contributed by atoms with Gasteiger partial charge in [-0.25, -0.2) is 8.42 Å². The van der Waals surface area contributed by atoms with Crippen molar-refractivity contribution in [2.24, 2.45) is 0 Å². The van der Waals surface area contributed by atoms with Crippen LogP contribution in [-0.4, -0.2) is 46.5 Å². The first-order chi connectivity index (χ1) is 16.3. The standard InChI is InChI=1S/C25H30N4O4S/c1-3-17-8-13-24(30)21(15-17)22-16-23(28-27-22)25(31)26-18-9-11-20(12-10-18)34(32,33)29-14-6-5-7-19(29)4-2/h8-13,15-16,19,30H,3-7,14H2,1-2H3,(H,26,31)(H,27,28). The van der Waals surface area contributed by atoms with Gasteiger partial charge in [0.1, 0.15) is 11.4 Å². The minimum absolute atomic E-state index is 0.0326. The number of aryl methyl sites for hydroxylation is 1. The molecular formula is C25H30N4O4S. The van der Waals surface area contributed by atoms with E-state index < -0.39 is 15.9 Å². The largest absolute Gasteiger partial charge is 0.507 e. The molecule has 0 bridgehead atoms. The maximum absolute atomic E-state index is 13.1. The third kappa shape index (κ3) is 4.85. The van der Waals surface area contributed by atoms with Crippen LogP contribution < -0.4 is 5.32 Å². The number of piperidine rings is 1. The van der Waals surface area contributed by atoms with Crippen LogP contribution in [0, 0.1) is 0 Å². The number of amides is 1. The normalized spacial score (nSPS) is 16.9. The molecule has 1 aromatic heterocycles. The molecule has 1 aliphatic rings. The molecule has 0 aliphatic carbocycles. The van der Waals surface area contributed by atoms with Gasteiger partial charge in [0, 0.05) is 23.8 Å². The zero-order valence-corrected chi connectivity index (χ0v) is 20.2. The van der Waals surface area contributed by atoms with Crippen molar-refractivity contribution in [1.29, 1.82) is 0 Å². The molecule has 1 unspecified atom stereocenters. The first kappa shape index (κ1) is 24.0. The van der Waals surface area contributed by atoms with E-state index >= 15 is 0 Å². The number of H-pyrrole nitrogens is 1. The van der Waals surface area contributed by atoms with E-state index in [9.17, 15) is 18.3 Å². The fourth-order valence-corrected chi connectivity index (χ4v) is 6.09. The highest BCUT2D eigenvalue weighted by Gasteiger charge is 2.32. The average Bonchev–Trinajstić information content (AvgIpc) is 3.35. The Kier molecular flexibility index (Phi) is 7.04. The fourth-order valence-electron chi connectivity index (χ4n) is 4.33. The van der Waals surface area contributed by atoms with Gasteiger partial charge in [-0.3, -0.25) is 9.89 Å². The van der Waals surface area contributed by atoms with Crippen LogP contribution >= 0.6 is 0 Å². The summed E-state index contributed by atoms with van der Waals surface area (Å²) >= 11 is 0. The second kappa shape index (κ2) is 9.99. The number of aromatic amines is 1. The summed E-state index contributed by atoms with van der Waals surface area (Å²) in [4.78, 5) is 12.9. The van der Waals surface area contributed by atoms with E-state index in [-0.39, 0.29) is 22.4 Å². The Morgan fingerprint density at radius 3 is 2.62 bits per heavy atom. The second-order valence-corrected chi connectivity index (χ2v) is 10.4. The quantitative estimate of drug-likeness (QED) is 0.457. The van der Waals surface area contributed by atoms with E-state index in [0.29, 0.717) is 23.5 Å². The maximum atomic E-state index is 13.1. The summed E-state index contributed by atoms with van der Waals surface area (Å²) < 4.78 is 27.9. The van der Waals surface area contributed by atoms with Gasteiger partial charge in [-0.15, -0.1) is 0 Å². The lowest BCUT2D eigenvalue weighted by Gasteiger charge is -2.34. The molecule has 0 saturated carbocycles. The van der Waals surface area contributed by atoms with E-state index in [1.165, 1.54) is 12.1 Å². The number of carbonyl (C=O) groups excluding carboxylic acids is 1. The van der Waals surface area contributed by atoms with Gasteiger partial charge >= 0.3 is 0 Å². The highest BCUT2D eigenvalue weighted by atomic mass is 32.2. The Bertz CT molecular complexity index is 1270. The van der Waals surface area contributed by atoms with E-state index in [4.69, 9.17) is 0 Å². The summed E-state index contributed by atoms with van der Waals surface area (Å²) in [6.07, 6.45) is 4.41. The number of hydrogen-bond acceptors (Lipinski definition) is 5. The molecule has 3 aromatic rings. The number of rotatable bonds is 7. The van der Waals surface area contributed by atoms with Crippen LogP contribution in [0.5, 0.6) is 5.75 Å². The minimum Gasteiger partial charge on any atom is -0.507 e. The lowest BCUT2D eigenvalue weighted by molar-refractivity contribution is 0.102. The van der Waals surface area contributed by atoms with Crippen molar-refractivity contribution in [2.45, 2.75) is 56.9 Å². The molecule has 1 aliphatic heterocycles. The van der Waals surface area contributed by atoms with Crippen molar-refractivity contribution in [1.82, 2.24) is 14.5 Å². The number of nitrogens with one attached hydrogen (secondary N) is 2. The summed E-state index contributed by atoms with van der Waals surface area (Å²) in [5.74, 6) is -0.325. The Hall–Kier alpha value is -3.17. The van der Waals surface area contributed by atoms with E-state index in [0.717, 1.165) is 37.7 Å². The van der Waals surface area contributed by atoms with Gasteiger partial charge in [0.25, 0.3) is 5.91 Å². The zero-order valence-electron chi connectivity index (χ0n) is 19.4. The molecule has 1 amide bonds. The van der Waals surface area contributed by atoms with Crippen molar-refractivity contribution in [2.75, 3.05) is 11.9 Å². The number of benzene rings is 2. The number of phenols is 1. The number of hydrogen-bond donors (Lipinski definition) is 3. The molecule has 0 radical (unpaired) electrons. The summed E-state index contributed by atoms with van der Waals surface area (Å²) in [5, 5.41) is 19.8. The minimum atomic E-state index is -3.58. The smallest absolute Gasteiger partial charge is 0.273 e. The summed E-state index contributed by atoms with van der Waals surface area (Å²) in [6.45, 7) is 4.57. The van der Waals surface area contributed by atoms with Gasteiger partial charge < -0.3 is 10.4 Å². The topological polar surface area (TPSA) is 115 Å². The van der Waals surface area contributed by atoms with Gasteiger partial charge in [0.05, 0.1) is 10.6 Å². The lowest BCUT2D eigenvalue weighted by Crippen LogP contribution is -2.43. The summed E-state index contributed by atoms with van der Waals surface area (Å²) in [6, 6.07) is 13.1. The highest BCUT2D eigenvalue weighted by molar-refractivity contribution is 7.89. The van der Waals surface area contributed by atoms with Crippen LogP contribution in [0.1, 0.15) is 55.6 Å². The monoisotopic (exact) mass is 482 g/mol. The van der Waals surface area contributed by atoms with E-state index in [1.54, 1.807) is 28.6 Å². The summed E-state index contributed by atoms with van der Waals surface area (Å²) in [7, 11) is -3.58. The van der Waals surface area contributed by atoms with E-state index in [2.05, 4.69) is 15.5 Å². The van der Waals surface area contributed by atoms with Crippen LogP contribution in [-0.2, 0) is 16.4 Å². The van der Waals surface area contributed by atoms with Gasteiger partial charge in [0.15, 0.2) is 0 Å². The van der Waals surface area contributed by atoms with Crippen LogP contribution in [0.4, 0.5) is 5.69 Å². The Balaban J connectivity index is 1.48. The Morgan fingerprint density at radius 1 is 1.15 bits per heavy atom. The van der Waals surface area contributed by atoms with Gasteiger partial charge in [-0.05, 0) is 73.7 Å². The molecule has 3 N–H and O–H groups in total. The van der Waals surface area contributed by atoms with Gasteiger partial charge in [-0.2, -0.15) is 9.40 Å². The van der Waals surface area contributed by atoms with Crippen LogP contribution in [0.15, 0.2) is 53.4 Å². The Labute approximate surface area is 200 Å². The van der Waals surface area contributed by atoms with Crippen molar-refractivity contribution in [3.8, 4) is 17.0 Å². The predicted octanol–water partition coefficient (Wildman–Crippen LogP) is 4.55. The predicted molar refractivity (Wildman–Crippen MR) is 131 cm³/mol. The maximum Gasteiger partial charge on any atom is 0.273 e. The fraction of sp³-hybridized carbons (Fsp3) is 0.360. The number of sulfonamides is 1. The number of anilines is 1. The van der Waals surface area contributed by atoms with Gasteiger partial charge in [0.2, 0.25) is 10.0 Å². The number of aromatic hydroxyl groups is 1. The number of nitrogens with zero attached hydrogens (tertiary/aromatic N) is 2. The second-order valence-electron chi connectivity index (χ2n) is 8.52. The number of phenolic OH excluding ortho intramolecular Hbond substituents is 1. The summed E-state index contributed by atoms with van der Waals surface area (Å²) in [5.41, 5.74) is 2.76. The first-order valence-electron chi connectivity index (χ1n) is 11.6. The third-order valence-corrected chi connectivity index (χ3v) is 8.30. The molecule has 0 spiro atoms. The molecule has 34 heavy (non-hydrogen) atoms. The van der Waals surface area contributed by atoms with Crippen molar-refractivity contribution < 1.29 is 18.3 Å².